The molecule has 3 unspecified atom stereocenters. The van der Waals surface area contributed by atoms with E-state index in [0.717, 1.165) is 12.8 Å². The van der Waals surface area contributed by atoms with Crippen LogP contribution in [-0.2, 0) is 14.3 Å². The Balaban J connectivity index is 1.06. The zero-order chi connectivity index (χ0) is 24.3. The first-order chi connectivity index (χ1) is 16.9. The van der Waals surface area contributed by atoms with Crippen molar-refractivity contribution in [3.63, 3.8) is 0 Å². The number of hydrogen-bond acceptors (Lipinski definition) is 4. The third-order valence-corrected chi connectivity index (χ3v) is 8.72. The first-order valence-electron chi connectivity index (χ1n) is 12.5. The molecule has 0 bridgehead atoms. The smallest absolute Gasteiger partial charge is 0.407 e. The van der Waals surface area contributed by atoms with Crippen molar-refractivity contribution in [2.75, 3.05) is 19.7 Å². The molecular formula is C28H30N2O5. The van der Waals surface area contributed by atoms with Gasteiger partial charge >= 0.3 is 12.1 Å². The van der Waals surface area contributed by atoms with Crippen LogP contribution in [0.1, 0.15) is 43.2 Å². The normalized spacial score (nSPS) is 30.4. The van der Waals surface area contributed by atoms with Crippen molar-refractivity contribution in [1.82, 2.24) is 10.2 Å². The fourth-order valence-electron chi connectivity index (χ4n) is 6.84. The lowest BCUT2D eigenvalue weighted by molar-refractivity contribution is -0.142. The molecule has 5 atom stereocenters. The highest BCUT2D eigenvalue weighted by atomic mass is 16.5. The number of ether oxygens (including phenoxy) is 1. The summed E-state index contributed by atoms with van der Waals surface area (Å²) in [5, 5.41) is 12.4. The van der Waals surface area contributed by atoms with Crippen LogP contribution < -0.4 is 5.32 Å². The zero-order valence-electron chi connectivity index (χ0n) is 19.8. The summed E-state index contributed by atoms with van der Waals surface area (Å²) in [6.45, 7) is 2.94. The Hall–Kier alpha value is -3.35. The number of carboxylic acid groups (broad SMARTS) is 1. The molecule has 1 heterocycles. The van der Waals surface area contributed by atoms with Gasteiger partial charge in [0.1, 0.15) is 6.61 Å². The third-order valence-electron chi connectivity index (χ3n) is 8.72. The molecule has 1 aliphatic heterocycles. The van der Waals surface area contributed by atoms with E-state index in [2.05, 4.69) is 29.6 Å². The van der Waals surface area contributed by atoms with Crippen LogP contribution in [-0.4, -0.2) is 53.7 Å². The molecule has 2 aromatic rings. The minimum atomic E-state index is -0.834. The molecule has 4 aliphatic rings. The first kappa shape index (κ1) is 22.1. The van der Waals surface area contributed by atoms with Crippen molar-refractivity contribution in [1.29, 1.82) is 0 Å². The number of carbonyl (C=O) groups is 3. The maximum absolute atomic E-state index is 13.3. The molecule has 1 saturated heterocycles. The molecule has 6 rings (SSSR count). The Morgan fingerprint density at radius 1 is 1.03 bits per heavy atom. The molecule has 0 spiro atoms. The number of hydrogen-bond donors (Lipinski definition) is 2. The van der Waals surface area contributed by atoms with Gasteiger partial charge in [-0.1, -0.05) is 55.5 Å². The van der Waals surface area contributed by atoms with E-state index in [0.29, 0.717) is 13.0 Å². The fourth-order valence-corrected chi connectivity index (χ4v) is 6.84. The van der Waals surface area contributed by atoms with Crippen molar-refractivity contribution in [3.05, 3.63) is 59.7 Å². The van der Waals surface area contributed by atoms with Gasteiger partial charge in [-0.05, 0) is 53.4 Å². The number of aliphatic carboxylic acids is 1. The molecule has 2 amide bonds. The lowest BCUT2D eigenvalue weighted by atomic mass is 9.98. The van der Waals surface area contributed by atoms with Gasteiger partial charge in [0.2, 0.25) is 5.91 Å². The highest BCUT2D eigenvalue weighted by Gasteiger charge is 2.66. The lowest BCUT2D eigenvalue weighted by Gasteiger charge is -2.23. The van der Waals surface area contributed by atoms with Gasteiger partial charge in [0.05, 0.1) is 11.3 Å². The molecule has 182 valence electrons. The second-order valence-electron chi connectivity index (χ2n) is 10.8. The van der Waals surface area contributed by atoms with Gasteiger partial charge in [0.15, 0.2) is 0 Å². The number of nitrogens with zero attached hydrogens (tertiary/aromatic N) is 1. The summed E-state index contributed by atoms with van der Waals surface area (Å²) in [6.07, 6.45) is 1.75. The number of carbonyl (C=O) groups excluding carboxylic acids is 2. The second-order valence-corrected chi connectivity index (χ2v) is 10.8. The van der Waals surface area contributed by atoms with Crippen molar-refractivity contribution in [3.8, 4) is 11.1 Å². The minimum Gasteiger partial charge on any atom is -0.481 e. The zero-order valence-corrected chi connectivity index (χ0v) is 19.8. The van der Waals surface area contributed by atoms with E-state index in [1.165, 1.54) is 22.3 Å². The Labute approximate surface area is 204 Å². The maximum atomic E-state index is 13.3. The first-order valence-corrected chi connectivity index (χ1v) is 12.5. The van der Waals surface area contributed by atoms with Crippen LogP contribution in [0.5, 0.6) is 0 Å². The van der Waals surface area contributed by atoms with Crippen molar-refractivity contribution < 1.29 is 24.2 Å². The quantitative estimate of drug-likeness (QED) is 0.686. The summed E-state index contributed by atoms with van der Waals surface area (Å²) in [6, 6.07) is 16.4. The van der Waals surface area contributed by atoms with Crippen molar-refractivity contribution in [2.45, 2.75) is 38.1 Å². The SMILES string of the molecule is C[C@@H]1CN(C(=O)C23CC(NC(=O)OCC4c5ccccc5-c5ccccc54)CC2C3)C[C@H]1C(=O)O. The third kappa shape index (κ3) is 3.60. The van der Waals surface area contributed by atoms with Crippen LogP contribution in [0.2, 0.25) is 0 Å². The Morgan fingerprint density at radius 2 is 1.69 bits per heavy atom. The fraction of sp³-hybridized carbons (Fsp3) is 0.464. The van der Waals surface area contributed by atoms with Crippen molar-refractivity contribution in [2.24, 2.45) is 23.2 Å². The van der Waals surface area contributed by atoms with E-state index < -0.39 is 23.4 Å². The number of nitrogens with one attached hydrogen (secondary N) is 1. The average molecular weight is 475 g/mol. The number of benzene rings is 2. The van der Waals surface area contributed by atoms with Crippen LogP contribution in [0.3, 0.4) is 0 Å². The minimum absolute atomic E-state index is 0.0115. The van der Waals surface area contributed by atoms with E-state index in [1.54, 1.807) is 4.90 Å². The molecule has 3 aliphatic carbocycles. The Bertz CT molecular complexity index is 1170. The number of amides is 2. The summed E-state index contributed by atoms with van der Waals surface area (Å²) in [5.74, 6) is -1.04. The predicted molar refractivity (Wildman–Crippen MR) is 129 cm³/mol. The van der Waals surface area contributed by atoms with E-state index in [-0.39, 0.29) is 42.9 Å². The van der Waals surface area contributed by atoms with Gasteiger partial charge in [-0.25, -0.2) is 4.79 Å². The van der Waals surface area contributed by atoms with Gasteiger partial charge in [0, 0.05) is 25.0 Å². The summed E-state index contributed by atoms with van der Waals surface area (Å²) in [4.78, 5) is 39.2. The molecule has 0 radical (unpaired) electrons. The summed E-state index contributed by atoms with van der Waals surface area (Å²) < 4.78 is 5.69. The Morgan fingerprint density at radius 3 is 2.31 bits per heavy atom. The Kier molecular flexibility index (Phi) is 5.13. The number of rotatable bonds is 5. The van der Waals surface area contributed by atoms with Crippen molar-refractivity contribution >= 4 is 18.0 Å². The summed E-state index contributed by atoms with van der Waals surface area (Å²) in [5.41, 5.74) is 4.29. The topological polar surface area (TPSA) is 95.9 Å². The van der Waals surface area contributed by atoms with Crippen LogP contribution in [0.25, 0.3) is 11.1 Å². The summed E-state index contributed by atoms with van der Waals surface area (Å²) in [7, 11) is 0. The van der Waals surface area contributed by atoms with Gasteiger partial charge in [0.25, 0.3) is 0 Å². The molecule has 2 N–H and O–H groups in total. The van der Waals surface area contributed by atoms with E-state index in [4.69, 9.17) is 4.74 Å². The molecule has 2 saturated carbocycles. The highest BCUT2D eigenvalue weighted by molar-refractivity contribution is 5.88. The number of alkyl carbamates (subject to hydrolysis) is 1. The molecule has 7 heteroatoms. The van der Waals surface area contributed by atoms with E-state index in [9.17, 15) is 19.5 Å². The summed E-state index contributed by atoms with van der Waals surface area (Å²) >= 11 is 0. The van der Waals surface area contributed by atoms with Gasteiger partial charge < -0.3 is 20.1 Å². The monoisotopic (exact) mass is 474 g/mol. The molecule has 2 aromatic carbocycles. The van der Waals surface area contributed by atoms with E-state index in [1.807, 2.05) is 31.2 Å². The number of carboxylic acids is 1. The largest absolute Gasteiger partial charge is 0.481 e. The lowest BCUT2D eigenvalue weighted by Crippen LogP contribution is -2.39. The molecule has 3 fully saturated rings. The van der Waals surface area contributed by atoms with Crippen LogP contribution in [0.15, 0.2) is 48.5 Å². The standard InChI is InChI=1S/C28H30N2O5/c1-16-13-30(14-23(16)25(31)32)26(33)28-11-17(28)10-18(12-28)29-27(34)35-15-24-21-8-4-2-6-19(21)20-7-3-5-9-22(20)24/h2-9,16-18,23-24H,10-15H2,1H3,(H,29,34)(H,31,32)/t16-,17?,18?,23-,28?/m1/s1. The molecule has 35 heavy (non-hydrogen) atoms. The number of fused-ring (bicyclic) bond motifs is 4. The van der Waals surface area contributed by atoms with Gasteiger partial charge in [-0.3, -0.25) is 9.59 Å². The predicted octanol–water partition coefficient (Wildman–Crippen LogP) is 3.87. The second kappa shape index (κ2) is 8.11. The van der Waals surface area contributed by atoms with Crippen LogP contribution >= 0.6 is 0 Å². The van der Waals surface area contributed by atoms with Crippen LogP contribution in [0, 0.1) is 23.2 Å². The van der Waals surface area contributed by atoms with Gasteiger partial charge in [-0.2, -0.15) is 0 Å². The highest BCUT2D eigenvalue weighted by Crippen LogP contribution is 2.64. The van der Waals surface area contributed by atoms with Gasteiger partial charge in [-0.15, -0.1) is 0 Å². The number of likely N-dealkylation sites (tertiary alicyclic amines) is 1. The molecule has 0 aromatic heterocycles. The average Bonchev–Trinajstić information content (AvgIpc) is 3.12. The van der Waals surface area contributed by atoms with E-state index >= 15 is 0 Å². The molecule has 7 nitrogen and oxygen atoms in total. The maximum Gasteiger partial charge on any atom is 0.407 e. The van der Waals surface area contributed by atoms with Crippen LogP contribution in [0.4, 0.5) is 4.79 Å². The molecular weight excluding hydrogens is 444 g/mol.